The van der Waals surface area contributed by atoms with Gasteiger partial charge in [-0.3, -0.25) is 9.69 Å². The molecule has 0 radical (unpaired) electrons. The maximum atomic E-state index is 13.2. The van der Waals surface area contributed by atoms with Gasteiger partial charge < -0.3 is 4.98 Å². The van der Waals surface area contributed by atoms with E-state index < -0.39 is 17.5 Å². The Hall–Kier alpha value is -2.15. The van der Waals surface area contributed by atoms with Gasteiger partial charge in [0.25, 0.3) is 5.56 Å². The van der Waals surface area contributed by atoms with Gasteiger partial charge in [-0.15, -0.1) is 0 Å². The summed E-state index contributed by atoms with van der Waals surface area (Å²) in [7, 11) is 0. The van der Waals surface area contributed by atoms with Gasteiger partial charge in [-0.1, -0.05) is 0 Å². The Morgan fingerprint density at radius 1 is 1.27 bits per heavy atom. The first-order chi connectivity index (χ1) is 10.4. The van der Waals surface area contributed by atoms with Crippen LogP contribution in [-0.2, 0) is 19.5 Å². The van der Waals surface area contributed by atoms with Crippen LogP contribution in [0.3, 0.4) is 0 Å². The Morgan fingerprint density at radius 3 is 2.64 bits per heavy atom. The predicted molar refractivity (Wildman–Crippen MR) is 73.7 cm³/mol. The van der Waals surface area contributed by atoms with Gasteiger partial charge in [-0.2, -0.15) is 0 Å². The number of rotatable bonds is 2. The maximum absolute atomic E-state index is 13.2. The average molecular weight is 309 g/mol. The van der Waals surface area contributed by atoms with E-state index in [0.717, 1.165) is 12.1 Å². The Morgan fingerprint density at radius 2 is 1.95 bits per heavy atom. The molecule has 0 unspecified atom stereocenters. The monoisotopic (exact) mass is 309 g/mol. The van der Waals surface area contributed by atoms with E-state index in [1.165, 1.54) is 0 Å². The van der Waals surface area contributed by atoms with Crippen LogP contribution < -0.4 is 5.56 Å². The normalized spacial score (nSPS) is 14.9. The van der Waals surface area contributed by atoms with Crippen molar-refractivity contribution in [2.45, 2.75) is 26.4 Å². The minimum absolute atomic E-state index is 0.138. The molecular formula is C15H14F3N3O. The van der Waals surface area contributed by atoms with Crippen molar-refractivity contribution in [2.75, 3.05) is 6.54 Å². The molecule has 0 bridgehead atoms. The molecule has 0 saturated carbocycles. The molecule has 1 aliphatic rings. The fourth-order valence-corrected chi connectivity index (χ4v) is 2.71. The third kappa shape index (κ3) is 2.76. The molecule has 0 amide bonds. The third-order valence-electron chi connectivity index (χ3n) is 3.72. The molecule has 0 atom stereocenters. The lowest BCUT2D eigenvalue weighted by molar-refractivity contribution is 0.239. The number of H-pyrrole nitrogens is 1. The van der Waals surface area contributed by atoms with Crippen LogP contribution in [0.1, 0.15) is 22.6 Å². The zero-order valence-electron chi connectivity index (χ0n) is 11.9. The van der Waals surface area contributed by atoms with Crippen molar-refractivity contribution in [3.05, 3.63) is 62.6 Å². The maximum Gasteiger partial charge on any atom is 0.254 e. The molecule has 1 aliphatic heterocycles. The molecule has 1 aromatic heterocycles. The van der Waals surface area contributed by atoms with Crippen LogP contribution in [-0.4, -0.2) is 21.4 Å². The smallest absolute Gasteiger partial charge is 0.254 e. The number of aromatic nitrogens is 2. The summed E-state index contributed by atoms with van der Waals surface area (Å²) in [5.41, 5.74) is 1.54. The van der Waals surface area contributed by atoms with E-state index in [2.05, 4.69) is 9.97 Å². The van der Waals surface area contributed by atoms with Crippen molar-refractivity contribution in [1.29, 1.82) is 0 Å². The summed E-state index contributed by atoms with van der Waals surface area (Å²) in [5.74, 6) is -3.32. The molecule has 2 heterocycles. The first-order valence-electron chi connectivity index (χ1n) is 6.88. The number of nitrogens with zero attached hydrogens (tertiary/aromatic N) is 2. The van der Waals surface area contributed by atoms with E-state index in [1.54, 1.807) is 6.92 Å². The second-order valence-electron chi connectivity index (χ2n) is 5.41. The second-order valence-corrected chi connectivity index (χ2v) is 5.41. The number of aromatic amines is 1. The minimum atomic E-state index is -1.46. The van der Waals surface area contributed by atoms with Crippen LogP contribution >= 0.6 is 0 Å². The van der Waals surface area contributed by atoms with E-state index in [4.69, 9.17) is 0 Å². The lowest BCUT2D eigenvalue weighted by atomic mass is 10.1. The number of fused-ring (bicyclic) bond motifs is 1. The van der Waals surface area contributed by atoms with Gasteiger partial charge in [0.15, 0.2) is 17.5 Å². The molecule has 0 fully saturated rings. The molecule has 3 rings (SSSR count). The summed E-state index contributed by atoms with van der Waals surface area (Å²) in [6, 6.07) is 1.98. The summed E-state index contributed by atoms with van der Waals surface area (Å²) in [5, 5.41) is 0. The largest absolute Gasteiger partial charge is 0.311 e. The van der Waals surface area contributed by atoms with Crippen LogP contribution in [0.15, 0.2) is 16.9 Å². The highest BCUT2D eigenvalue weighted by atomic mass is 19.2. The van der Waals surface area contributed by atoms with Gasteiger partial charge in [0.1, 0.15) is 5.82 Å². The van der Waals surface area contributed by atoms with Crippen LogP contribution in [0.4, 0.5) is 13.2 Å². The first-order valence-corrected chi connectivity index (χ1v) is 6.88. The Balaban J connectivity index is 1.82. The number of nitrogens with one attached hydrogen (secondary N) is 1. The molecule has 116 valence electrons. The van der Waals surface area contributed by atoms with Crippen molar-refractivity contribution in [1.82, 2.24) is 14.9 Å². The number of hydrogen-bond donors (Lipinski definition) is 1. The van der Waals surface area contributed by atoms with Crippen molar-refractivity contribution in [3.63, 3.8) is 0 Å². The molecule has 0 saturated heterocycles. The van der Waals surface area contributed by atoms with Crippen molar-refractivity contribution < 1.29 is 13.2 Å². The highest BCUT2D eigenvalue weighted by molar-refractivity contribution is 5.23. The van der Waals surface area contributed by atoms with E-state index in [9.17, 15) is 18.0 Å². The van der Waals surface area contributed by atoms with Gasteiger partial charge in [0, 0.05) is 25.2 Å². The third-order valence-corrected chi connectivity index (χ3v) is 3.72. The molecule has 0 spiro atoms. The van der Waals surface area contributed by atoms with Gasteiger partial charge >= 0.3 is 0 Å². The highest BCUT2D eigenvalue weighted by Gasteiger charge is 2.21. The van der Waals surface area contributed by atoms with Gasteiger partial charge in [-0.05, 0) is 31.0 Å². The Kier molecular flexibility index (Phi) is 3.74. The van der Waals surface area contributed by atoms with Gasteiger partial charge in [-0.25, -0.2) is 18.2 Å². The lowest BCUT2D eigenvalue weighted by Gasteiger charge is -2.27. The second kappa shape index (κ2) is 5.57. The summed E-state index contributed by atoms with van der Waals surface area (Å²) >= 11 is 0. The zero-order chi connectivity index (χ0) is 15.9. The lowest BCUT2D eigenvalue weighted by Crippen LogP contribution is -2.35. The van der Waals surface area contributed by atoms with Gasteiger partial charge in [0.2, 0.25) is 0 Å². The van der Waals surface area contributed by atoms with Crippen molar-refractivity contribution >= 4 is 0 Å². The fraction of sp³-hybridized carbons (Fsp3) is 0.333. The minimum Gasteiger partial charge on any atom is -0.311 e. The van der Waals surface area contributed by atoms with Crippen molar-refractivity contribution in [3.8, 4) is 0 Å². The van der Waals surface area contributed by atoms with E-state index >= 15 is 0 Å². The number of hydrogen-bond acceptors (Lipinski definition) is 3. The molecule has 1 aromatic carbocycles. The van der Waals surface area contributed by atoms with E-state index in [1.807, 2.05) is 4.90 Å². The summed E-state index contributed by atoms with van der Waals surface area (Å²) < 4.78 is 39.5. The zero-order valence-corrected chi connectivity index (χ0v) is 11.9. The molecule has 7 heteroatoms. The summed E-state index contributed by atoms with van der Waals surface area (Å²) in [4.78, 5) is 20.7. The Bertz CT molecular complexity index is 765. The molecule has 0 aliphatic carbocycles. The molecule has 4 nitrogen and oxygen atoms in total. The van der Waals surface area contributed by atoms with Crippen LogP contribution in [0.25, 0.3) is 0 Å². The first kappa shape index (κ1) is 14.8. The molecular weight excluding hydrogens is 295 g/mol. The molecule has 1 N–H and O–H groups in total. The number of aryl methyl sites for hydroxylation is 1. The number of halogens is 3. The predicted octanol–water partition coefficient (Wildman–Crippen LogP) is 2.05. The van der Waals surface area contributed by atoms with Crippen molar-refractivity contribution in [2.24, 2.45) is 0 Å². The fourth-order valence-electron chi connectivity index (χ4n) is 2.71. The average Bonchev–Trinajstić information content (AvgIpc) is 2.44. The highest BCUT2D eigenvalue weighted by Crippen LogP contribution is 2.19. The SMILES string of the molecule is Cc1nc2c(c(=O)[nH]1)CCN(Cc1cc(F)c(F)c(F)c1)C2. The van der Waals surface area contributed by atoms with Crippen LogP contribution in [0, 0.1) is 24.4 Å². The molecule has 2 aromatic rings. The van der Waals surface area contributed by atoms with E-state index in [-0.39, 0.29) is 12.1 Å². The molecule has 22 heavy (non-hydrogen) atoms. The summed E-state index contributed by atoms with van der Waals surface area (Å²) in [6.45, 7) is 2.95. The Labute approximate surface area is 124 Å². The standard InChI is InChI=1S/C15H14F3N3O/c1-8-19-13-7-21(3-2-10(13)15(22)20-8)6-9-4-11(16)14(18)12(17)5-9/h4-5H,2-3,6-7H2,1H3,(H,19,20,22). The quantitative estimate of drug-likeness (QED) is 0.864. The van der Waals surface area contributed by atoms with Gasteiger partial charge in [0.05, 0.1) is 5.69 Å². The van der Waals surface area contributed by atoms with Crippen LogP contribution in [0.2, 0.25) is 0 Å². The van der Waals surface area contributed by atoms with Crippen LogP contribution in [0.5, 0.6) is 0 Å². The topological polar surface area (TPSA) is 49.0 Å². The summed E-state index contributed by atoms with van der Waals surface area (Å²) in [6.07, 6.45) is 0.518. The number of benzene rings is 1. The van der Waals surface area contributed by atoms with E-state index in [0.29, 0.717) is 42.2 Å².